The molecule has 0 spiro atoms. The molecule has 1 rings (SSSR count). The van der Waals surface area contributed by atoms with E-state index < -0.39 is 21.6 Å². The van der Waals surface area contributed by atoms with Crippen molar-refractivity contribution < 1.29 is 8.78 Å². The molecule has 72 valence electrons. The summed E-state index contributed by atoms with van der Waals surface area (Å²) in [4.78, 5) is 0. The van der Waals surface area contributed by atoms with Gasteiger partial charge in [0.25, 0.3) is 5.92 Å². The monoisotopic (exact) mass is 214 g/mol. The third-order valence-electron chi connectivity index (χ3n) is 1.77. The first-order valence-electron chi connectivity index (χ1n) is 3.62. The fourth-order valence-electron chi connectivity index (χ4n) is 1.29. The lowest BCUT2D eigenvalue weighted by molar-refractivity contribution is -0.0477. The summed E-state index contributed by atoms with van der Waals surface area (Å²) in [5.41, 5.74) is 5.48. The first kappa shape index (κ1) is 10.4. The van der Waals surface area contributed by atoms with Crippen LogP contribution in [0.4, 0.5) is 8.78 Å². The Balaban J connectivity index is 2.64. The highest BCUT2D eigenvalue weighted by Gasteiger charge is 2.39. The molecular formula is C6H12F2N2S2. The van der Waals surface area contributed by atoms with Gasteiger partial charge in [-0.25, -0.2) is 13.1 Å². The number of halogens is 2. The molecule has 0 saturated carbocycles. The van der Waals surface area contributed by atoms with E-state index >= 15 is 0 Å². The van der Waals surface area contributed by atoms with E-state index in [1.807, 2.05) is 0 Å². The Morgan fingerprint density at radius 1 is 1.67 bits per heavy atom. The van der Waals surface area contributed by atoms with Crippen LogP contribution in [-0.4, -0.2) is 35.6 Å². The number of nitrogens with two attached hydrogens (primary N) is 1. The summed E-state index contributed by atoms with van der Waals surface area (Å²) < 4.78 is 27.4. The average Bonchev–Trinajstić information content (AvgIpc) is 1.82. The molecule has 0 aromatic heterocycles. The van der Waals surface area contributed by atoms with Crippen LogP contribution in [0.3, 0.4) is 0 Å². The summed E-state index contributed by atoms with van der Waals surface area (Å²) >= 11 is 4.92. The van der Waals surface area contributed by atoms with Crippen LogP contribution in [0.2, 0.25) is 0 Å². The van der Waals surface area contributed by atoms with Gasteiger partial charge in [0.1, 0.15) is 0 Å². The summed E-state index contributed by atoms with van der Waals surface area (Å²) in [7, 11) is -0.513. The molecule has 1 heterocycles. The second-order valence-electron chi connectivity index (χ2n) is 3.07. The van der Waals surface area contributed by atoms with Crippen LogP contribution in [0.1, 0.15) is 6.42 Å². The van der Waals surface area contributed by atoms with Gasteiger partial charge >= 0.3 is 0 Å². The molecular weight excluding hydrogens is 202 g/mol. The first-order chi connectivity index (χ1) is 5.41. The maximum absolute atomic E-state index is 12.9. The van der Waals surface area contributed by atoms with Crippen LogP contribution in [0.5, 0.6) is 0 Å². The largest absolute Gasteiger partial charge is 0.326 e. The van der Waals surface area contributed by atoms with Gasteiger partial charge in [-0.15, -0.1) is 0 Å². The van der Waals surface area contributed by atoms with E-state index in [0.29, 0.717) is 6.54 Å². The summed E-state index contributed by atoms with van der Waals surface area (Å²) in [5.74, 6) is -2.66. The third kappa shape index (κ3) is 2.69. The fourth-order valence-corrected chi connectivity index (χ4v) is 2.41. The zero-order valence-electron chi connectivity index (χ0n) is 6.80. The van der Waals surface area contributed by atoms with Crippen molar-refractivity contribution in [3.8, 4) is 0 Å². The predicted molar refractivity (Wildman–Crippen MR) is 49.8 cm³/mol. The number of nitrogens with zero attached hydrogens (tertiary/aromatic N) is 1. The molecule has 1 unspecified atom stereocenters. The molecule has 1 aliphatic heterocycles. The molecule has 6 heteroatoms. The van der Waals surface area contributed by atoms with Crippen LogP contribution >= 0.6 is 0 Å². The van der Waals surface area contributed by atoms with Crippen LogP contribution in [0.25, 0.3) is 0 Å². The van der Waals surface area contributed by atoms with Crippen molar-refractivity contribution in [3.63, 3.8) is 0 Å². The highest BCUT2D eigenvalue weighted by Crippen LogP contribution is 2.26. The predicted octanol–water partition coefficient (Wildman–Crippen LogP) is 0.280. The van der Waals surface area contributed by atoms with E-state index in [2.05, 4.69) is 0 Å². The number of piperidine rings is 1. The third-order valence-corrected chi connectivity index (χ3v) is 3.41. The Morgan fingerprint density at radius 3 is 2.67 bits per heavy atom. The van der Waals surface area contributed by atoms with Gasteiger partial charge in [-0.2, -0.15) is 0 Å². The molecule has 12 heavy (non-hydrogen) atoms. The van der Waals surface area contributed by atoms with Crippen molar-refractivity contribution >= 4 is 20.8 Å². The van der Waals surface area contributed by atoms with Gasteiger partial charge in [0.15, 0.2) is 0 Å². The van der Waals surface area contributed by atoms with Crippen molar-refractivity contribution in [1.29, 1.82) is 0 Å². The van der Waals surface area contributed by atoms with E-state index in [-0.39, 0.29) is 13.0 Å². The topological polar surface area (TPSA) is 29.3 Å². The lowest BCUT2D eigenvalue weighted by Gasteiger charge is -2.35. The molecule has 1 fully saturated rings. The summed E-state index contributed by atoms with van der Waals surface area (Å²) in [6.07, 6.45) is 1.54. The fraction of sp³-hybridized carbons (Fsp3) is 1.00. The Hall–Kier alpha value is 0.350. The van der Waals surface area contributed by atoms with Crippen LogP contribution in [0, 0.1) is 0 Å². The highest BCUT2D eigenvalue weighted by molar-refractivity contribution is 8.27. The maximum Gasteiger partial charge on any atom is 0.263 e. The summed E-state index contributed by atoms with van der Waals surface area (Å²) in [6, 6.07) is -0.438. The molecule has 0 aromatic rings. The van der Waals surface area contributed by atoms with Gasteiger partial charge < -0.3 is 5.73 Å². The second kappa shape index (κ2) is 3.61. The van der Waals surface area contributed by atoms with E-state index in [9.17, 15) is 8.78 Å². The normalized spacial score (nSPS) is 33.2. The van der Waals surface area contributed by atoms with Gasteiger partial charge in [-0.3, -0.25) is 0 Å². The van der Waals surface area contributed by atoms with Crippen LogP contribution < -0.4 is 5.73 Å². The Morgan fingerprint density at radius 2 is 2.25 bits per heavy atom. The molecule has 2 N–H and O–H groups in total. The Kier molecular flexibility index (Phi) is 3.14. The molecule has 0 radical (unpaired) electrons. The minimum absolute atomic E-state index is 0.212. The lowest BCUT2D eigenvalue weighted by atomic mass is 10.1. The summed E-state index contributed by atoms with van der Waals surface area (Å²) in [5, 5.41) is 0. The van der Waals surface area contributed by atoms with Gasteiger partial charge in [0, 0.05) is 25.3 Å². The van der Waals surface area contributed by atoms with Crippen molar-refractivity contribution in [1.82, 2.24) is 4.31 Å². The van der Waals surface area contributed by atoms with E-state index in [0.717, 1.165) is 0 Å². The zero-order chi connectivity index (χ0) is 9.35. The quantitative estimate of drug-likeness (QED) is 0.680. The number of alkyl halides is 2. The lowest BCUT2D eigenvalue weighted by Crippen LogP contribution is -2.52. The molecule has 0 bridgehead atoms. The smallest absolute Gasteiger partial charge is 0.263 e. The van der Waals surface area contributed by atoms with Crippen molar-refractivity contribution in [2.45, 2.75) is 18.4 Å². The van der Waals surface area contributed by atoms with Crippen molar-refractivity contribution in [2.24, 2.45) is 5.73 Å². The molecule has 0 aromatic carbocycles. The maximum atomic E-state index is 12.9. The van der Waals surface area contributed by atoms with Crippen molar-refractivity contribution in [2.75, 3.05) is 19.3 Å². The standard InChI is InChI=1S/C6H12F2N2S2/c1-12(11)10-3-5(9)2-6(7,8)4-10/h5H,2-4,9H2,1H3/t5-,12?/m0/s1. The minimum Gasteiger partial charge on any atom is -0.326 e. The van der Waals surface area contributed by atoms with Crippen LogP contribution in [-0.2, 0) is 20.8 Å². The highest BCUT2D eigenvalue weighted by atomic mass is 32.8. The SMILES string of the molecule is CS(=S)N1C[C@@H](N)CC(F)(F)C1. The number of rotatable bonds is 1. The second-order valence-corrected chi connectivity index (χ2v) is 5.88. The van der Waals surface area contributed by atoms with Gasteiger partial charge in [-0.05, 0) is 11.2 Å². The molecule has 1 aliphatic rings. The summed E-state index contributed by atoms with van der Waals surface area (Å²) in [6.45, 7) is 0.266. The minimum atomic E-state index is -2.66. The molecule has 2 nitrogen and oxygen atoms in total. The first-order valence-corrected chi connectivity index (χ1v) is 6.14. The van der Waals surface area contributed by atoms with E-state index in [1.165, 1.54) is 0 Å². The molecule has 1 saturated heterocycles. The Labute approximate surface area is 77.8 Å². The Bertz CT molecular complexity index is 198. The van der Waals surface area contributed by atoms with E-state index in [1.54, 1.807) is 10.6 Å². The van der Waals surface area contributed by atoms with Crippen molar-refractivity contribution in [3.05, 3.63) is 0 Å². The number of hydrogen-bond donors (Lipinski definition) is 1. The molecule has 0 aliphatic carbocycles. The number of hydrogen-bond acceptors (Lipinski definition) is 2. The molecule has 0 amide bonds. The zero-order valence-corrected chi connectivity index (χ0v) is 8.43. The van der Waals surface area contributed by atoms with Gasteiger partial charge in [0.05, 0.1) is 6.54 Å². The van der Waals surface area contributed by atoms with Gasteiger partial charge in [-0.1, -0.05) is 9.64 Å². The average molecular weight is 214 g/mol. The van der Waals surface area contributed by atoms with Gasteiger partial charge in [0.2, 0.25) is 0 Å². The van der Waals surface area contributed by atoms with E-state index in [4.69, 9.17) is 16.9 Å². The van der Waals surface area contributed by atoms with Crippen LogP contribution in [0.15, 0.2) is 0 Å². The molecule has 2 atom stereocenters.